The topological polar surface area (TPSA) is 12.9 Å². The van der Waals surface area contributed by atoms with Crippen LogP contribution in [0.1, 0.15) is 58.0 Å². The average Bonchev–Trinajstić information content (AvgIpc) is 2.14. The van der Waals surface area contributed by atoms with Crippen LogP contribution in [0.4, 0.5) is 0 Å². The Morgan fingerprint density at radius 3 is 2.31 bits per heavy atom. The zero-order valence-electron chi connectivity index (χ0n) is 11.6. The number of hydrogen-bond acceptors (Lipinski definition) is 1. The van der Waals surface area contributed by atoms with E-state index in [0.717, 1.165) is 12.3 Å². The highest BCUT2D eigenvalue weighted by molar-refractivity contribution is 5.25. The van der Waals surface area contributed by atoms with Crippen LogP contribution in [-0.4, -0.2) is 4.98 Å². The molecule has 0 amide bonds. The fourth-order valence-electron chi connectivity index (χ4n) is 1.67. The average molecular weight is 219 g/mol. The van der Waals surface area contributed by atoms with E-state index < -0.39 is 0 Å². The molecule has 1 nitrogen and oxygen atoms in total. The van der Waals surface area contributed by atoms with Crippen molar-refractivity contribution in [1.82, 2.24) is 4.98 Å². The van der Waals surface area contributed by atoms with E-state index in [4.69, 9.17) is 4.98 Å². The third kappa shape index (κ3) is 3.62. The maximum Gasteiger partial charge on any atom is 0.0460 e. The lowest BCUT2D eigenvalue weighted by molar-refractivity contribution is 0.552. The van der Waals surface area contributed by atoms with E-state index in [1.807, 2.05) is 0 Å². The summed E-state index contributed by atoms with van der Waals surface area (Å²) < 4.78 is 0. The molecule has 0 atom stereocenters. The van der Waals surface area contributed by atoms with Gasteiger partial charge in [0.2, 0.25) is 0 Å². The lowest BCUT2D eigenvalue weighted by atomic mass is 9.90. The first-order chi connectivity index (χ1) is 7.30. The third-order valence-corrected chi connectivity index (χ3v) is 2.93. The number of aromatic nitrogens is 1. The molecule has 0 aromatic carbocycles. The lowest BCUT2D eigenvalue weighted by Gasteiger charge is -2.19. The summed E-state index contributed by atoms with van der Waals surface area (Å²) in [5.74, 6) is 0.750. The summed E-state index contributed by atoms with van der Waals surface area (Å²) in [6.07, 6.45) is 2.33. The SMILES string of the molecule is Cc1ccc(C(C)(C)C)nc1CCC(C)C. The van der Waals surface area contributed by atoms with Gasteiger partial charge in [-0.1, -0.05) is 40.7 Å². The summed E-state index contributed by atoms with van der Waals surface area (Å²) in [7, 11) is 0. The van der Waals surface area contributed by atoms with Gasteiger partial charge in [0.25, 0.3) is 0 Å². The monoisotopic (exact) mass is 219 g/mol. The Hall–Kier alpha value is -0.850. The Morgan fingerprint density at radius 2 is 1.81 bits per heavy atom. The number of nitrogens with zero attached hydrogens (tertiary/aromatic N) is 1. The molecule has 0 N–H and O–H groups in total. The van der Waals surface area contributed by atoms with Crippen LogP contribution < -0.4 is 0 Å². The Labute approximate surface area is 100 Å². The maximum absolute atomic E-state index is 4.82. The van der Waals surface area contributed by atoms with Crippen LogP contribution in [0.3, 0.4) is 0 Å². The van der Waals surface area contributed by atoms with E-state index in [0.29, 0.717) is 0 Å². The molecular weight excluding hydrogens is 194 g/mol. The van der Waals surface area contributed by atoms with Crippen molar-refractivity contribution in [3.05, 3.63) is 29.1 Å². The van der Waals surface area contributed by atoms with E-state index in [2.05, 4.69) is 53.7 Å². The maximum atomic E-state index is 4.82. The van der Waals surface area contributed by atoms with Crippen molar-refractivity contribution in [2.45, 2.75) is 59.8 Å². The molecule has 0 spiro atoms. The van der Waals surface area contributed by atoms with Crippen molar-refractivity contribution in [3.8, 4) is 0 Å². The second-order valence-corrected chi connectivity index (χ2v) is 6.14. The quantitative estimate of drug-likeness (QED) is 0.739. The smallest absolute Gasteiger partial charge is 0.0460 e. The minimum absolute atomic E-state index is 0.153. The molecule has 0 unspecified atom stereocenters. The van der Waals surface area contributed by atoms with Crippen LogP contribution in [0.5, 0.6) is 0 Å². The first-order valence-electron chi connectivity index (χ1n) is 6.27. The first kappa shape index (κ1) is 13.2. The molecule has 0 saturated carbocycles. The Bertz CT molecular complexity index is 345. The molecule has 1 aromatic heterocycles. The minimum Gasteiger partial charge on any atom is -0.257 e. The van der Waals surface area contributed by atoms with E-state index in [1.54, 1.807) is 0 Å². The molecule has 1 heterocycles. The van der Waals surface area contributed by atoms with E-state index in [9.17, 15) is 0 Å². The minimum atomic E-state index is 0.153. The number of pyridine rings is 1. The van der Waals surface area contributed by atoms with Crippen molar-refractivity contribution in [2.24, 2.45) is 5.92 Å². The summed E-state index contributed by atoms with van der Waals surface area (Å²) >= 11 is 0. The van der Waals surface area contributed by atoms with Crippen LogP contribution >= 0.6 is 0 Å². The number of aryl methyl sites for hydroxylation is 2. The Morgan fingerprint density at radius 1 is 1.19 bits per heavy atom. The molecule has 1 rings (SSSR count). The van der Waals surface area contributed by atoms with Crippen LogP contribution in [0.25, 0.3) is 0 Å². The summed E-state index contributed by atoms with van der Waals surface area (Å²) in [4.78, 5) is 4.82. The molecule has 0 aliphatic carbocycles. The normalized spacial score (nSPS) is 12.2. The largest absolute Gasteiger partial charge is 0.257 e. The van der Waals surface area contributed by atoms with Gasteiger partial charge >= 0.3 is 0 Å². The Kier molecular flexibility index (Phi) is 4.12. The van der Waals surface area contributed by atoms with Gasteiger partial charge in [0, 0.05) is 16.8 Å². The van der Waals surface area contributed by atoms with Crippen molar-refractivity contribution in [2.75, 3.05) is 0 Å². The first-order valence-corrected chi connectivity index (χ1v) is 6.27. The van der Waals surface area contributed by atoms with Gasteiger partial charge < -0.3 is 0 Å². The predicted molar refractivity (Wildman–Crippen MR) is 70.8 cm³/mol. The molecule has 0 radical (unpaired) electrons. The van der Waals surface area contributed by atoms with Crippen molar-refractivity contribution in [1.29, 1.82) is 0 Å². The van der Waals surface area contributed by atoms with Crippen molar-refractivity contribution in [3.63, 3.8) is 0 Å². The summed E-state index contributed by atoms with van der Waals surface area (Å²) in [5, 5.41) is 0. The van der Waals surface area contributed by atoms with Crippen molar-refractivity contribution < 1.29 is 0 Å². The fourth-order valence-corrected chi connectivity index (χ4v) is 1.67. The van der Waals surface area contributed by atoms with Gasteiger partial charge in [-0.2, -0.15) is 0 Å². The highest BCUT2D eigenvalue weighted by Gasteiger charge is 2.16. The van der Waals surface area contributed by atoms with Gasteiger partial charge in [-0.15, -0.1) is 0 Å². The van der Waals surface area contributed by atoms with Gasteiger partial charge in [-0.05, 0) is 37.3 Å². The van der Waals surface area contributed by atoms with Gasteiger partial charge in [0.15, 0.2) is 0 Å². The van der Waals surface area contributed by atoms with Crippen LogP contribution in [0.2, 0.25) is 0 Å². The van der Waals surface area contributed by atoms with E-state index in [-0.39, 0.29) is 5.41 Å². The molecule has 0 aliphatic rings. The predicted octanol–water partition coefficient (Wildman–Crippen LogP) is 4.28. The molecule has 0 bridgehead atoms. The van der Waals surface area contributed by atoms with Gasteiger partial charge in [0.05, 0.1) is 0 Å². The molecule has 1 aromatic rings. The molecule has 0 saturated heterocycles. The van der Waals surface area contributed by atoms with Crippen LogP contribution in [0.15, 0.2) is 12.1 Å². The second-order valence-electron chi connectivity index (χ2n) is 6.14. The highest BCUT2D eigenvalue weighted by Crippen LogP contribution is 2.22. The van der Waals surface area contributed by atoms with Crippen LogP contribution in [-0.2, 0) is 11.8 Å². The van der Waals surface area contributed by atoms with Crippen molar-refractivity contribution >= 4 is 0 Å². The zero-order chi connectivity index (χ0) is 12.3. The molecule has 1 heteroatoms. The summed E-state index contributed by atoms with van der Waals surface area (Å²) in [6, 6.07) is 4.37. The zero-order valence-corrected chi connectivity index (χ0v) is 11.6. The highest BCUT2D eigenvalue weighted by atomic mass is 14.7. The summed E-state index contributed by atoms with van der Waals surface area (Å²) in [6.45, 7) is 13.4. The molecule has 0 fully saturated rings. The molecule has 0 aliphatic heterocycles. The number of hydrogen-bond donors (Lipinski definition) is 0. The molecule has 90 valence electrons. The lowest BCUT2D eigenvalue weighted by Crippen LogP contribution is -2.15. The molecule has 16 heavy (non-hydrogen) atoms. The number of rotatable bonds is 3. The van der Waals surface area contributed by atoms with Gasteiger partial charge in [0.1, 0.15) is 0 Å². The fraction of sp³-hybridized carbons (Fsp3) is 0.667. The van der Waals surface area contributed by atoms with Gasteiger partial charge in [-0.3, -0.25) is 4.98 Å². The third-order valence-electron chi connectivity index (χ3n) is 2.93. The van der Waals surface area contributed by atoms with E-state index >= 15 is 0 Å². The molecular formula is C15H25N. The van der Waals surface area contributed by atoms with E-state index in [1.165, 1.54) is 23.4 Å². The Balaban J connectivity index is 2.91. The standard InChI is InChI=1S/C15H25N/c1-11(2)7-9-13-12(3)8-10-14(16-13)15(4,5)6/h8,10-11H,7,9H2,1-6H3. The second kappa shape index (κ2) is 4.99. The van der Waals surface area contributed by atoms with Crippen LogP contribution in [0, 0.1) is 12.8 Å². The summed E-state index contributed by atoms with van der Waals surface area (Å²) in [5.41, 5.74) is 3.96. The van der Waals surface area contributed by atoms with Gasteiger partial charge in [-0.25, -0.2) is 0 Å².